The van der Waals surface area contributed by atoms with Gasteiger partial charge in [-0.25, -0.2) is 0 Å². The molecule has 2 aromatic carbocycles. The normalized spacial score (nSPS) is 11.5. The molecule has 0 saturated heterocycles. The molecule has 0 aliphatic rings. The summed E-state index contributed by atoms with van der Waals surface area (Å²) < 4.78 is 5.75. The van der Waals surface area contributed by atoms with E-state index < -0.39 is 4.92 Å². The van der Waals surface area contributed by atoms with Crippen LogP contribution in [0.2, 0.25) is 0 Å². The van der Waals surface area contributed by atoms with E-state index in [0.717, 1.165) is 10.5 Å². The monoisotopic (exact) mass is 409 g/mol. The van der Waals surface area contributed by atoms with Gasteiger partial charge in [-0.05, 0) is 37.3 Å². The summed E-state index contributed by atoms with van der Waals surface area (Å²) in [6.45, 7) is 2.17. The van der Waals surface area contributed by atoms with E-state index in [-0.39, 0.29) is 16.8 Å². The summed E-state index contributed by atoms with van der Waals surface area (Å²) in [4.78, 5) is 27.6. The summed E-state index contributed by atoms with van der Waals surface area (Å²) in [6.07, 6.45) is 3.44. The fraction of sp³-hybridized carbons (Fsp3) is 0.143. The first-order valence-corrected chi connectivity index (χ1v) is 9.73. The van der Waals surface area contributed by atoms with E-state index in [1.54, 1.807) is 43.6 Å². The lowest BCUT2D eigenvalue weighted by atomic mass is 10.3. The SMILES string of the molecule is CC(Sc1ccc([N+](=O)[O-])cc1)C(=O)Nc1cccc(OCc2cccnc2)c1. The molecule has 1 aromatic heterocycles. The van der Waals surface area contributed by atoms with Gasteiger partial charge in [0.1, 0.15) is 12.4 Å². The molecule has 7 nitrogen and oxygen atoms in total. The van der Waals surface area contributed by atoms with Gasteiger partial charge in [-0.15, -0.1) is 11.8 Å². The number of pyridine rings is 1. The number of rotatable bonds is 8. The lowest BCUT2D eigenvalue weighted by Gasteiger charge is -2.13. The number of nitrogens with one attached hydrogen (secondary N) is 1. The first-order chi connectivity index (χ1) is 14.0. The van der Waals surface area contributed by atoms with Gasteiger partial charge in [-0.3, -0.25) is 19.9 Å². The Bertz CT molecular complexity index is 981. The molecule has 0 saturated carbocycles. The molecular formula is C21H19N3O4S. The Labute approximate surface area is 172 Å². The maximum Gasteiger partial charge on any atom is 0.269 e. The van der Waals surface area contributed by atoms with Crippen molar-refractivity contribution in [3.05, 3.63) is 88.7 Å². The highest BCUT2D eigenvalue weighted by Crippen LogP contribution is 2.26. The molecule has 0 radical (unpaired) electrons. The van der Waals surface area contributed by atoms with Gasteiger partial charge in [0.15, 0.2) is 0 Å². The fourth-order valence-corrected chi connectivity index (χ4v) is 3.33. The number of hydrogen-bond acceptors (Lipinski definition) is 6. The number of non-ortho nitro benzene ring substituents is 1. The lowest BCUT2D eigenvalue weighted by molar-refractivity contribution is -0.384. The summed E-state index contributed by atoms with van der Waals surface area (Å²) in [5.41, 5.74) is 1.61. The van der Waals surface area contributed by atoms with Gasteiger partial charge in [0.25, 0.3) is 5.69 Å². The molecule has 0 fully saturated rings. The van der Waals surface area contributed by atoms with Crippen LogP contribution in [0.3, 0.4) is 0 Å². The fourth-order valence-electron chi connectivity index (χ4n) is 2.46. The summed E-state index contributed by atoms with van der Waals surface area (Å²) in [6, 6.07) is 17.1. The molecule has 1 amide bonds. The highest BCUT2D eigenvalue weighted by molar-refractivity contribution is 8.00. The zero-order chi connectivity index (χ0) is 20.6. The highest BCUT2D eigenvalue weighted by atomic mass is 32.2. The number of carbonyl (C=O) groups is 1. The second kappa shape index (κ2) is 9.70. The number of ether oxygens (including phenoxy) is 1. The Hall–Kier alpha value is -3.39. The van der Waals surface area contributed by atoms with Crippen molar-refractivity contribution in [3.63, 3.8) is 0 Å². The first kappa shape index (κ1) is 20.3. The first-order valence-electron chi connectivity index (χ1n) is 8.85. The predicted octanol–water partition coefficient (Wildman–Crippen LogP) is 4.69. The van der Waals surface area contributed by atoms with Crippen molar-refractivity contribution in [3.8, 4) is 5.75 Å². The number of amides is 1. The number of nitro groups is 1. The average Bonchev–Trinajstić information content (AvgIpc) is 2.73. The van der Waals surface area contributed by atoms with E-state index in [1.807, 2.05) is 24.3 Å². The zero-order valence-corrected chi connectivity index (χ0v) is 16.5. The molecule has 1 heterocycles. The number of carbonyl (C=O) groups excluding carboxylic acids is 1. The standard InChI is InChI=1S/C21H19N3O4S/c1-15(29-20-9-7-18(8-10-20)24(26)27)21(25)23-17-5-2-6-19(12-17)28-14-16-4-3-11-22-13-16/h2-13,15H,14H2,1H3,(H,23,25). The molecule has 8 heteroatoms. The minimum atomic E-state index is -0.450. The van der Waals surface area contributed by atoms with Crippen LogP contribution < -0.4 is 10.1 Å². The van der Waals surface area contributed by atoms with Crippen LogP contribution >= 0.6 is 11.8 Å². The van der Waals surface area contributed by atoms with E-state index in [2.05, 4.69) is 10.3 Å². The summed E-state index contributed by atoms with van der Waals surface area (Å²) in [7, 11) is 0. The van der Waals surface area contributed by atoms with Crippen molar-refractivity contribution in [1.29, 1.82) is 0 Å². The molecule has 3 rings (SSSR count). The van der Waals surface area contributed by atoms with E-state index >= 15 is 0 Å². The highest BCUT2D eigenvalue weighted by Gasteiger charge is 2.15. The van der Waals surface area contributed by atoms with Crippen molar-refractivity contribution in [2.24, 2.45) is 0 Å². The van der Waals surface area contributed by atoms with Crippen LogP contribution in [-0.4, -0.2) is 21.1 Å². The summed E-state index contributed by atoms with van der Waals surface area (Å²) >= 11 is 1.33. The van der Waals surface area contributed by atoms with E-state index in [4.69, 9.17) is 4.74 Å². The Balaban J connectivity index is 1.56. The molecule has 0 bridgehead atoms. The number of benzene rings is 2. The maximum absolute atomic E-state index is 12.5. The van der Waals surface area contributed by atoms with Crippen LogP contribution in [0.5, 0.6) is 5.75 Å². The quantitative estimate of drug-likeness (QED) is 0.330. The van der Waals surface area contributed by atoms with Gasteiger partial charge >= 0.3 is 0 Å². The smallest absolute Gasteiger partial charge is 0.269 e. The Kier molecular flexibility index (Phi) is 6.80. The molecule has 148 valence electrons. The van der Waals surface area contributed by atoms with Crippen LogP contribution in [-0.2, 0) is 11.4 Å². The Morgan fingerprint density at radius 1 is 1.21 bits per heavy atom. The molecular weight excluding hydrogens is 390 g/mol. The largest absolute Gasteiger partial charge is 0.489 e. The lowest BCUT2D eigenvalue weighted by Crippen LogP contribution is -2.22. The molecule has 0 aliphatic heterocycles. The number of aromatic nitrogens is 1. The van der Waals surface area contributed by atoms with Crippen molar-refractivity contribution in [2.75, 3.05) is 5.32 Å². The second-order valence-electron chi connectivity index (χ2n) is 6.18. The molecule has 0 spiro atoms. The minimum Gasteiger partial charge on any atom is -0.489 e. The number of nitrogens with zero attached hydrogens (tertiary/aromatic N) is 2. The zero-order valence-electron chi connectivity index (χ0n) is 15.6. The number of nitro benzene ring substituents is 1. The van der Waals surface area contributed by atoms with Crippen LogP contribution in [0, 0.1) is 10.1 Å². The molecule has 1 N–H and O–H groups in total. The molecule has 29 heavy (non-hydrogen) atoms. The van der Waals surface area contributed by atoms with E-state index in [0.29, 0.717) is 18.0 Å². The Morgan fingerprint density at radius 3 is 2.69 bits per heavy atom. The molecule has 1 unspecified atom stereocenters. The number of thioether (sulfide) groups is 1. The Morgan fingerprint density at radius 2 is 2.00 bits per heavy atom. The third kappa shape index (κ3) is 6.05. The summed E-state index contributed by atoms with van der Waals surface area (Å²) in [5, 5.41) is 13.2. The molecule has 3 aromatic rings. The average molecular weight is 409 g/mol. The predicted molar refractivity (Wildman–Crippen MR) is 112 cm³/mol. The molecule has 0 aliphatic carbocycles. The van der Waals surface area contributed by atoms with Gasteiger partial charge in [-0.1, -0.05) is 12.1 Å². The van der Waals surface area contributed by atoms with Gasteiger partial charge in [0.2, 0.25) is 5.91 Å². The van der Waals surface area contributed by atoms with Crippen LogP contribution in [0.4, 0.5) is 11.4 Å². The van der Waals surface area contributed by atoms with Crippen LogP contribution in [0.1, 0.15) is 12.5 Å². The molecule has 1 atom stereocenters. The van der Waals surface area contributed by atoms with Crippen LogP contribution in [0.15, 0.2) is 78.0 Å². The van der Waals surface area contributed by atoms with Crippen molar-refractivity contribution in [2.45, 2.75) is 23.7 Å². The third-order valence-corrected chi connectivity index (χ3v) is 5.07. The van der Waals surface area contributed by atoms with Crippen molar-refractivity contribution < 1.29 is 14.5 Å². The third-order valence-electron chi connectivity index (χ3n) is 3.96. The summed E-state index contributed by atoms with van der Waals surface area (Å²) in [5.74, 6) is 0.472. The van der Waals surface area contributed by atoms with Gasteiger partial charge in [0, 0.05) is 46.7 Å². The maximum atomic E-state index is 12.5. The van der Waals surface area contributed by atoms with E-state index in [1.165, 1.54) is 23.9 Å². The van der Waals surface area contributed by atoms with Gasteiger partial charge in [-0.2, -0.15) is 0 Å². The topological polar surface area (TPSA) is 94.4 Å². The second-order valence-corrected chi connectivity index (χ2v) is 7.59. The van der Waals surface area contributed by atoms with E-state index in [9.17, 15) is 14.9 Å². The van der Waals surface area contributed by atoms with Gasteiger partial charge in [0.05, 0.1) is 10.2 Å². The van der Waals surface area contributed by atoms with Crippen molar-refractivity contribution in [1.82, 2.24) is 4.98 Å². The van der Waals surface area contributed by atoms with Crippen molar-refractivity contribution >= 4 is 29.0 Å². The van der Waals surface area contributed by atoms with Gasteiger partial charge < -0.3 is 10.1 Å². The van der Waals surface area contributed by atoms with Crippen LogP contribution in [0.25, 0.3) is 0 Å². The number of hydrogen-bond donors (Lipinski definition) is 1. The number of anilines is 1. The minimum absolute atomic E-state index is 0.0227.